The fraction of sp³-hybridized carbons (Fsp3) is 0.542. The highest BCUT2D eigenvalue weighted by Gasteiger charge is 2.24. The van der Waals surface area contributed by atoms with Crippen LogP contribution in [0.15, 0.2) is 34.9 Å². The van der Waals surface area contributed by atoms with Gasteiger partial charge in [0.15, 0.2) is 5.82 Å². The Balaban J connectivity index is 2.10. The van der Waals surface area contributed by atoms with Gasteiger partial charge in [-0.1, -0.05) is 24.2 Å². The van der Waals surface area contributed by atoms with Crippen molar-refractivity contribution in [3.05, 3.63) is 47.2 Å². The van der Waals surface area contributed by atoms with Crippen molar-refractivity contribution in [1.29, 1.82) is 0 Å². The molecule has 0 bridgehead atoms. The first kappa shape index (κ1) is 24.6. The van der Waals surface area contributed by atoms with E-state index in [9.17, 15) is 9.59 Å². The van der Waals surface area contributed by atoms with Crippen LogP contribution >= 0.6 is 0 Å². The topological polar surface area (TPSA) is 79.9 Å². The molecule has 31 heavy (non-hydrogen) atoms. The molecule has 2 N–H and O–H groups in total. The van der Waals surface area contributed by atoms with E-state index in [2.05, 4.69) is 31.2 Å². The summed E-state index contributed by atoms with van der Waals surface area (Å²) in [5.74, 6) is 0.566. The maximum atomic E-state index is 13.3. The minimum Gasteiger partial charge on any atom is -0.360 e. The molecule has 1 aromatic heterocycles. The van der Waals surface area contributed by atoms with E-state index in [4.69, 9.17) is 4.52 Å². The van der Waals surface area contributed by atoms with Crippen LogP contribution in [0.1, 0.15) is 62.2 Å². The highest BCUT2D eigenvalue weighted by molar-refractivity contribution is 5.99. The smallest absolute Gasteiger partial charge is 0.254 e. The number of carbonyl (C=O) groups is 2. The van der Waals surface area contributed by atoms with Crippen molar-refractivity contribution in [2.45, 2.75) is 59.9 Å². The van der Waals surface area contributed by atoms with Gasteiger partial charge in [0.25, 0.3) is 5.91 Å². The second-order valence-corrected chi connectivity index (χ2v) is 8.05. The van der Waals surface area contributed by atoms with E-state index in [1.54, 1.807) is 22.8 Å². The Morgan fingerprint density at radius 3 is 2.39 bits per heavy atom. The zero-order valence-electron chi connectivity index (χ0n) is 19.5. The quantitative estimate of drug-likeness (QED) is 0.544. The van der Waals surface area contributed by atoms with Crippen molar-refractivity contribution in [2.24, 2.45) is 0 Å². The van der Waals surface area contributed by atoms with Gasteiger partial charge in [-0.3, -0.25) is 9.59 Å². The number of nitrogens with zero attached hydrogens (tertiary/aromatic N) is 2. The number of nitrogens with one attached hydrogen (secondary N) is 2. The summed E-state index contributed by atoms with van der Waals surface area (Å²) in [5, 5.41) is 6.53. The summed E-state index contributed by atoms with van der Waals surface area (Å²) in [4.78, 5) is 29.2. The Bertz CT molecular complexity index is 828. The van der Waals surface area contributed by atoms with E-state index >= 15 is 0 Å². The standard InChI is InChI=1S/C24H36N4O3/c1-6-20-11-13-21(14-12-20)24(30)28(18(4)10-9-15-27(7-2)8-3)17-23(29)25-22-16-19(5)31-26-22/h11-14,16,18H,6-10,15,17H2,1-5H3,(H,25,26,29)/p+1/t18-/m0/s1. The second-order valence-electron chi connectivity index (χ2n) is 8.05. The lowest BCUT2D eigenvalue weighted by atomic mass is 10.1. The third kappa shape index (κ3) is 7.51. The molecular weight excluding hydrogens is 392 g/mol. The van der Waals surface area contributed by atoms with E-state index < -0.39 is 0 Å². The zero-order valence-corrected chi connectivity index (χ0v) is 19.5. The average Bonchev–Trinajstić information content (AvgIpc) is 3.18. The third-order valence-corrected chi connectivity index (χ3v) is 5.76. The first-order valence-electron chi connectivity index (χ1n) is 11.3. The van der Waals surface area contributed by atoms with Crippen LogP contribution in [0.2, 0.25) is 0 Å². The number of rotatable bonds is 12. The SMILES string of the molecule is CCc1ccc(C(=O)N(CC(=O)Nc2cc(C)on2)[C@@H](C)CCC[NH+](CC)CC)cc1. The van der Waals surface area contributed by atoms with E-state index in [1.807, 2.05) is 31.2 Å². The van der Waals surface area contributed by atoms with Crippen LogP contribution in [-0.4, -0.2) is 54.1 Å². The first-order valence-corrected chi connectivity index (χ1v) is 11.3. The summed E-state index contributed by atoms with van der Waals surface area (Å²) < 4.78 is 5.01. The van der Waals surface area contributed by atoms with Crippen LogP contribution in [0, 0.1) is 6.92 Å². The van der Waals surface area contributed by atoms with Crippen LogP contribution in [0.5, 0.6) is 0 Å². The number of quaternary nitrogens is 1. The molecule has 0 aliphatic heterocycles. The molecule has 0 unspecified atom stereocenters. The van der Waals surface area contributed by atoms with Gasteiger partial charge in [0.2, 0.25) is 5.91 Å². The maximum Gasteiger partial charge on any atom is 0.254 e. The average molecular weight is 430 g/mol. The Hall–Kier alpha value is -2.67. The van der Waals surface area contributed by atoms with Crippen molar-refractivity contribution >= 4 is 17.6 Å². The minimum atomic E-state index is -0.284. The largest absolute Gasteiger partial charge is 0.360 e. The Morgan fingerprint density at radius 1 is 1.16 bits per heavy atom. The summed E-state index contributed by atoms with van der Waals surface area (Å²) in [6.07, 6.45) is 2.77. The number of aryl methyl sites for hydroxylation is 2. The lowest BCUT2D eigenvalue weighted by Gasteiger charge is -2.29. The van der Waals surface area contributed by atoms with Crippen molar-refractivity contribution in [1.82, 2.24) is 10.1 Å². The predicted molar refractivity (Wildman–Crippen MR) is 122 cm³/mol. The molecule has 0 spiro atoms. The summed E-state index contributed by atoms with van der Waals surface area (Å²) in [5.41, 5.74) is 1.78. The Morgan fingerprint density at radius 2 is 1.84 bits per heavy atom. The van der Waals surface area contributed by atoms with Gasteiger partial charge in [-0.15, -0.1) is 0 Å². The Kier molecular flexibility index (Phi) is 9.72. The minimum absolute atomic E-state index is 0.0282. The monoisotopic (exact) mass is 429 g/mol. The zero-order chi connectivity index (χ0) is 22.8. The van der Waals surface area contributed by atoms with Gasteiger partial charge in [-0.05, 0) is 64.7 Å². The molecule has 7 nitrogen and oxygen atoms in total. The fourth-order valence-corrected chi connectivity index (χ4v) is 3.65. The number of aromatic nitrogens is 1. The molecule has 0 saturated carbocycles. The molecule has 7 heteroatoms. The molecule has 2 aromatic rings. The number of benzene rings is 1. The van der Waals surface area contributed by atoms with E-state index in [0.717, 1.165) is 38.9 Å². The van der Waals surface area contributed by atoms with Gasteiger partial charge in [0.1, 0.15) is 12.3 Å². The van der Waals surface area contributed by atoms with Gasteiger partial charge >= 0.3 is 0 Å². The molecule has 2 rings (SSSR count). The van der Waals surface area contributed by atoms with E-state index in [-0.39, 0.29) is 24.4 Å². The molecule has 0 fully saturated rings. The normalized spacial score (nSPS) is 12.1. The van der Waals surface area contributed by atoms with Crippen LogP contribution in [0.3, 0.4) is 0 Å². The van der Waals surface area contributed by atoms with E-state index in [1.165, 1.54) is 5.56 Å². The van der Waals surface area contributed by atoms with Crippen LogP contribution in [-0.2, 0) is 11.2 Å². The number of hydrogen-bond acceptors (Lipinski definition) is 4. The summed E-state index contributed by atoms with van der Waals surface area (Å²) in [7, 11) is 0. The number of carbonyl (C=O) groups excluding carboxylic acids is 2. The maximum absolute atomic E-state index is 13.3. The van der Waals surface area contributed by atoms with Gasteiger partial charge in [0, 0.05) is 17.7 Å². The van der Waals surface area contributed by atoms with Gasteiger partial charge in [0.05, 0.1) is 19.6 Å². The molecule has 2 amide bonds. The van der Waals surface area contributed by atoms with Crippen LogP contribution in [0.4, 0.5) is 5.82 Å². The second kappa shape index (κ2) is 12.2. The van der Waals surface area contributed by atoms with Crippen LogP contribution in [0.25, 0.3) is 0 Å². The summed E-state index contributed by atoms with van der Waals surface area (Å²) >= 11 is 0. The van der Waals surface area contributed by atoms with E-state index in [0.29, 0.717) is 17.1 Å². The molecule has 0 aliphatic rings. The summed E-state index contributed by atoms with van der Waals surface area (Å²) in [6.45, 7) is 13.5. The van der Waals surface area contributed by atoms with Crippen molar-refractivity contribution in [2.75, 3.05) is 31.5 Å². The predicted octanol–water partition coefficient (Wildman–Crippen LogP) is 2.72. The third-order valence-electron chi connectivity index (χ3n) is 5.76. The van der Waals surface area contributed by atoms with Gasteiger partial charge < -0.3 is 19.6 Å². The lowest BCUT2D eigenvalue weighted by Crippen LogP contribution is -3.11. The number of anilines is 1. The van der Waals surface area contributed by atoms with Gasteiger partial charge in [-0.2, -0.15) is 0 Å². The molecular formula is C24H37N4O3+. The molecule has 1 heterocycles. The molecule has 0 saturated heterocycles. The Labute approximate surface area is 185 Å². The van der Waals surface area contributed by atoms with Crippen molar-refractivity contribution in [3.8, 4) is 0 Å². The number of hydrogen-bond donors (Lipinski definition) is 2. The summed E-state index contributed by atoms with van der Waals surface area (Å²) in [6, 6.07) is 9.23. The molecule has 1 aromatic carbocycles. The van der Waals surface area contributed by atoms with Crippen LogP contribution < -0.4 is 10.2 Å². The van der Waals surface area contributed by atoms with Crippen molar-refractivity contribution in [3.63, 3.8) is 0 Å². The highest BCUT2D eigenvalue weighted by atomic mass is 16.5. The van der Waals surface area contributed by atoms with Crippen molar-refractivity contribution < 1.29 is 19.0 Å². The molecule has 1 atom stereocenters. The first-order chi connectivity index (χ1) is 14.9. The molecule has 0 aliphatic carbocycles. The number of amides is 2. The molecule has 170 valence electrons. The fourth-order valence-electron chi connectivity index (χ4n) is 3.65. The molecule has 0 radical (unpaired) electrons. The lowest BCUT2D eigenvalue weighted by molar-refractivity contribution is -0.896. The highest BCUT2D eigenvalue weighted by Crippen LogP contribution is 2.15. The van der Waals surface area contributed by atoms with Gasteiger partial charge in [-0.25, -0.2) is 0 Å².